The van der Waals surface area contributed by atoms with Gasteiger partial charge < -0.3 is 19.8 Å². The minimum Gasteiger partial charge on any atom is -0.393 e. The van der Waals surface area contributed by atoms with Crippen molar-refractivity contribution in [1.82, 2.24) is 10.5 Å². The van der Waals surface area contributed by atoms with E-state index in [2.05, 4.69) is 10.5 Å². The summed E-state index contributed by atoms with van der Waals surface area (Å²) in [5, 5.41) is 15.9. The number of benzene rings is 1. The molecule has 1 amide bonds. The van der Waals surface area contributed by atoms with E-state index in [1.807, 2.05) is 4.90 Å². The van der Waals surface area contributed by atoms with Crippen LogP contribution in [0.3, 0.4) is 0 Å². The third-order valence-corrected chi connectivity index (χ3v) is 4.13. The van der Waals surface area contributed by atoms with Crippen molar-refractivity contribution in [2.45, 2.75) is 32.4 Å². The van der Waals surface area contributed by atoms with Crippen LogP contribution in [0.2, 0.25) is 0 Å². The lowest BCUT2D eigenvalue weighted by molar-refractivity contribution is 0.0941. The molecule has 1 fully saturated rings. The first kappa shape index (κ1) is 16.4. The van der Waals surface area contributed by atoms with Gasteiger partial charge in [0.25, 0.3) is 5.91 Å². The molecule has 1 saturated heterocycles. The summed E-state index contributed by atoms with van der Waals surface area (Å²) in [5.41, 5.74) is 1.41. The van der Waals surface area contributed by atoms with E-state index in [1.165, 1.54) is 6.07 Å². The number of rotatable bonds is 4. The van der Waals surface area contributed by atoms with Gasteiger partial charge in [0.2, 0.25) is 0 Å². The number of nitrogens with one attached hydrogen (secondary N) is 1. The summed E-state index contributed by atoms with van der Waals surface area (Å²) >= 11 is 0. The zero-order valence-electron chi connectivity index (χ0n) is 13.5. The summed E-state index contributed by atoms with van der Waals surface area (Å²) in [6.07, 6.45) is 1.00. The van der Waals surface area contributed by atoms with Gasteiger partial charge in [-0.3, -0.25) is 4.79 Å². The second-order valence-electron chi connectivity index (χ2n) is 6.01. The average Bonchev–Trinajstić information content (AvgIpc) is 3.00. The molecule has 2 N–H and O–H groups in total. The molecule has 1 aromatic carbocycles. The molecule has 3 rings (SSSR count). The Labute approximate surface area is 139 Å². The Balaban J connectivity index is 1.61. The van der Waals surface area contributed by atoms with Gasteiger partial charge in [-0.25, -0.2) is 4.39 Å². The third-order valence-electron chi connectivity index (χ3n) is 4.13. The number of hydrogen-bond acceptors (Lipinski definition) is 5. The summed E-state index contributed by atoms with van der Waals surface area (Å²) in [5.74, 6) is -0.126. The first-order valence-corrected chi connectivity index (χ1v) is 7.96. The highest BCUT2D eigenvalue weighted by atomic mass is 19.1. The molecule has 1 aliphatic rings. The van der Waals surface area contributed by atoms with E-state index in [0.717, 1.165) is 0 Å². The fourth-order valence-electron chi connectivity index (χ4n) is 2.77. The molecule has 0 bridgehead atoms. The summed E-state index contributed by atoms with van der Waals surface area (Å²) in [4.78, 5) is 13.8. The van der Waals surface area contributed by atoms with Crippen LogP contribution in [-0.2, 0) is 6.54 Å². The molecule has 0 unspecified atom stereocenters. The van der Waals surface area contributed by atoms with Gasteiger partial charge in [-0.1, -0.05) is 11.2 Å². The van der Waals surface area contributed by atoms with E-state index >= 15 is 0 Å². The van der Waals surface area contributed by atoms with Crippen LogP contribution >= 0.6 is 0 Å². The number of carbonyl (C=O) groups is 1. The summed E-state index contributed by atoms with van der Waals surface area (Å²) in [6.45, 7) is 3.19. The van der Waals surface area contributed by atoms with Gasteiger partial charge in [0.05, 0.1) is 11.8 Å². The van der Waals surface area contributed by atoms with Crippen molar-refractivity contribution < 1.29 is 18.8 Å². The zero-order valence-corrected chi connectivity index (χ0v) is 13.5. The van der Waals surface area contributed by atoms with Gasteiger partial charge in [0.1, 0.15) is 11.6 Å². The first-order valence-electron chi connectivity index (χ1n) is 7.96. The molecule has 6 nitrogen and oxygen atoms in total. The van der Waals surface area contributed by atoms with Crippen molar-refractivity contribution in [2.75, 3.05) is 18.0 Å². The number of halogens is 1. The number of anilines is 1. The third kappa shape index (κ3) is 3.73. The zero-order chi connectivity index (χ0) is 17.1. The maximum atomic E-state index is 14.3. The van der Waals surface area contributed by atoms with E-state index in [1.54, 1.807) is 25.1 Å². The quantitative estimate of drug-likeness (QED) is 0.895. The number of amides is 1. The normalized spacial score (nSPS) is 15.5. The molecule has 1 aromatic heterocycles. The van der Waals surface area contributed by atoms with Crippen molar-refractivity contribution in [3.05, 3.63) is 47.1 Å². The minimum absolute atomic E-state index is 0.205. The molecular weight excluding hydrogens is 313 g/mol. The Hall–Kier alpha value is -2.41. The van der Waals surface area contributed by atoms with Gasteiger partial charge in [-0.15, -0.1) is 0 Å². The van der Waals surface area contributed by atoms with Gasteiger partial charge in [0, 0.05) is 25.7 Å². The fourth-order valence-corrected chi connectivity index (χ4v) is 2.77. The first-order chi connectivity index (χ1) is 11.5. The van der Waals surface area contributed by atoms with Gasteiger partial charge in [-0.05, 0) is 37.5 Å². The van der Waals surface area contributed by atoms with Crippen LogP contribution in [0, 0.1) is 12.7 Å². The van der Waals surface area contributed by atoms with E-state index in [4.69, 9.17) is 4.52 Å². The minimum atomic E-state index is -0.360. The molecule has 2 heterocycles. The maximum absolute atomic E-state index is 14.3. The van der Waals surface area contributed by atoms with Crippen LogP contribution in [0.1, 0.15) is 34.7 Å². The summed E-state index contributed by atoms with van der Waals surface area (Å²) in [7, 11) is 0. The molecule has 1 aliphatic heterocycles. The lowest BCUT2D eigenvalue weighted by atomic mass is 10.1. The van der Waals surface area contributed by atoms with Gasteiger partial charge in [0.15, 0.2) is 5.69 Å². The Morgan fingerprint density at radius 1 is 1.42 bits per heavy atom. The SMILES string of the molecule is Cc1cc(C(=O)NCc2ccc(N3CCC(O)CC3)c(F)c2)no1. The van der Waals surface area contributed by atoms with Crippen LogP contribution in [0.5, 0.6) is 0 Å². The standard InChI is InChI=1S/C17H20FN3O3/c1-11-8-15(20-24-11)17(23)19-10-12-2-3-16(14(18)9-12)21-6-4-13(22)5-7-21/h2-3,8-9,13,22H,4-7,10H2,1H3,(H,19,23). The highest BCUT2D eigenvalue weighted by Gasteiger charge is 2.20. The lowest BCUT2D eigenvalue weighted by Gasteiger charge is -2.31. The molecule has 24 heavy (non-hydrogen) atoms. The number of aromatic nitrogens is 1. The van der Waals surface area contributed by atoms with Crippen molar-refractivity contribution >= 4 is 11.6 Å². The largest absolute Gasteiger partial charge is 0.393 e. The molecule has 0 aliphatic carbocycles. The lowest BCUT2D eigenvalue weighted by Crippen LogP contribution is -2.36. The number of aliphatic hydroxyl groups is 1. The number of nitrogens with zero attached hydrogens (tertiary/aromatic N) is 2. The molecule has 0 atom stereocenters. The Bertz CT molecular complexity index is 724. The number of aliphatic hydroxyl groups excluding tert-OH is 1. The topological polar surface area (TPSA) is 78.6 Å². The molecule has 0 saturated carbocycles. The van der Waals surface area contributed by atoms with E-state index in [9.17, 15) is 14.3 Å². The van der Waals surface area contributed by atoms with E-state index < -0.39 is 0 Å². The Kier molecular flexibility index (Phi) is 4.80. The molecule has 2 aromatic rings. The second-order valence-corrected chi connectivity index (χ2v) is 6.01. The number of piperidine rings is 1. The van der Waals surface area contributed by atoms with Gasteiger partial charge >= 0.3 is 0 Å². The van der Waals surface area contributed by atoms with Crippen LogP contribution in [0.25, 0.3) is 0 Å². The fraction of sp³-hybridized carbons (Fsp3) is 0.412. The molecule has 0 spiro atoms. The molecule has 0 radical (unpaired) electrons. The smallest absolute Gasteiger partial charge is 0.273 e. The average molecular weight is 333 g/mol. The number of carbonyl (C=O) groups excluding carboxylic acids is 1. The number of aryl methyl sites for hydroxylation is 1. The predicted octanol–water partition coefficient (Wildman–Crippen LogP) is 2.01. The van der Waals surface area contributed by atoms with Crippen molar-refractivity contribution in [3.8, 4) is 0 Å². The molecule has 128 valence electrons. The van der Waals surface area contributed by atoms with Crippen molar-refractivity contribution in [1.29, 1.82) is 0 Å². The second kappa shape index (κ2) is 7.00. The van der Waals surface area contributed by atoms with Crippen molar-refractivity contribution in [2.24, 2.45) is 0 Å². The van der Waals surface area contributed by atoms with Crippen molar-refractivity contribution in [3.63, 3.8) is 0 Å². The predicted molar refractivity (Wildman–Crippen MR) is 86.3 cm³/mol. The van der Waals surface area contributed by atoms with Crippen LogP contribution in [0.4, 0.5) is 10.1 Å². The Morgan fingerprint density at radius 2 is 2.17 bits per heavy atom. The Morgan fingerprint density at radius 3 is 2.79 bits per heavy atom. The maximum Gasteiger partial charge on any atom is 0.273 e. The monoisotopic (exact) mass is 333 g/mol. The van der Waals surface area contributed by atoms with E-state index in [-0.39, 0.29) is 30.1 Å². The van der Waals surface area contributed by atoms with Crippen LogP contribution in [0.15, 0.2) is 28.8 Å². The van der Waals surface area contributed by atoms with Crippen LogP contribution in [-0.4, -0.2) is 35.4 Å². The van der Waals surface area contributed by atoms with Gasteiger partial charge in [-0.2, -0.15) is 0 Å². The summed E-state index contributed by atoms with van der Waals surface area (Å²) in [6, 6.07) is 6.48. The van der Waals surface area contributed by atoms with Crippen LogP contribution < -0.4 is 10.2 Å². The highest BCUT2D eigenvalue weighted by Crippen LogP contribution is 2.24. The molecular formula is C17H20FN3O3. The molecule has 7 heteroatoms. The number of hydrogen-bond donors (Lipinski definition) is 2. The van der Waals surface area contributed by atoms with E-state index in [0.29, 0.717) is 42.9 Å². The summed E-state index contributed by atoms with van der Waals surface area (Å²) < 4.78 is 19.2. The highest BCUT2D eigenvalue weighted by molar-refractivity contribution is 5.92.